The number of ether oxygens (including phenoxy) is 2. The van der Waals surface area contributed by atoms with Crippen LogP contribution in [0.2, 0.25) is 0 Å². The molecule has 1 aromatic carbocycles. The van der Waals surface area contributed by atoms with Crippen molar-refractivity contribution in [2.45, 2.75) is 20.3 Å². The van der Waals surface area contributed by atoms with E-state index in [9.17, 15) is 4.79 Å². The quantitative estimate of drug-likeness (QED) is 0.744. The first-order valence-corrected chi connectivity index (χ1v) is 4.96. The molecule has 1 rings (SSSR count). The fraction of sp³-hybridized carbons (Fsp3) is 0.417. The Balaban J connectivity index is 2.94. The molecule has 0 heterocycles. The minimum absolute atomic E-state index is 0.130. The Kier molecular flexibility index (Phi) is 4.16. The van der Waals surface area contributed by atoms with Crippen LogP contribution in [0.3, 0.4) is 0 Å². The first-order valence-electron chi connectivity index (χ1n) is 4.96. The molecule has 0 fully saturated rings. The van der Waals surface area contributed by atoms with Crippen LogP contribution < -0.4 is 9.47 Å². The number of benzene rings is 1. The van der Waals surface area contributed by atoms with Gasteiger partial charge in [-0.25, -0.2) is 0 Å². The summed E-state index contributed by atoms with van der Waals surface area (Å²) in [6.07, 6.45) is 0.414. The Morgan fingerprint density at radius 2 is 1.93 bits per heavy atom. The Labute approximate surface area is 90.0 Å². The van der Waals surface area contributed by atoms with E-state index < -0.39 is 0 Å². The lowest BCUT2D eigenvalue weighted by Gasteiger charge is -2.08. The lowest BCUT2D eigenvalue weighted by Crippen LogP contribution is -1.99. The number of carbonyl (C=O) groups is 1. The van der Waals surface area contributed by atoms with Gasteiger partial charge < -0.3 is 9.47 Å². The number of hydrogen-bond donors (Lipinski definition) is 0. The van der Waals surface area contributed by atoms with Gasteiger partial charge in [0.05, 0.1) is 13.7 Å². The number of Topliss-reactive ketones (excluding diaryl/α,β-unsaturated/α-hetero) is 1. The second-order valence-electron chi connectivity index (χ2n) is 3.33. The van der Waals surface area contributed by atoms with Crippen molar-refractivity contribution in [2.24, 2.45) is 0 Å². The van der Waals surface area contributed by atoms with Gasteiger partial charge in [-0.2, -0.15) is 0 Å². The molecule has 0 bridgehead atoms. The highest BCUT2D eigenvalue weighted by atomic mass is 16.5. The Morgan fingerprint density at radius 1 is 1.27 bits per heavy atom. The van der Waals surface area contributed by atoms with E-state index >= 15 is 0 Å². The summed E-state index contributed by atoms with van der Waals surface area (Å²) in [5.41, 5.74) is 0.922. The standard InChI is InChI=1S/C12H16O3/c1-4-15-12-7-10(5-9(2)13)6-11(8-12)14-3/h6-8H,4-5H2,1-3H3. The van der Waals surface area contributed by atoms with E-state index in [4.69, 9.17) is 9.47 Å². The van der Waals surface area contributed by atoms with Crippen molar-refractivity contribution in [3.8, 4) is 11.5 Å². The van der Waals surface area contributed by atoms with Gasteiger partial charge in [0.2, 0.25) is 0 Å². The van der Waals surface area contributed by atoms with E-state index in [-0.39, 0.29) is 5.78 Å². The van der Waals surface area contributed by atoms with Crippen molar-refractivity contribution in [1.82, 2.24) is 0 Å². The first kappa shape index (κ1) is 11.6. The molecule has 1 aromatic rings. The maximum absolute atomic E-state index is 11.0. The molecule has 0 aliphatic heterocycles. The summed E-state index contributed by atoms with van der Waals surface area (Å²) in [5.74, 6) is 1.59. The summed E-state index contributed by atoms with van der Waals surface area (Å²) in [4.78, 5) is 11.0. The van der Waals surface area contributed by atoms with Gasteiger partial charge in [-0.3, -0.25) is 4.79 Å². The van der Waals surface area contributed by atoms with Gasteiger partial charge >= 0.3 is 0 Å². The highest BCUT2D eigenvalue weighted by Gasteiger charge is 2.04. The molecule has 0 saturated heterocycles. The Bertz CT molecular complexity index is 345. The zero-order valence-electron chi connectivity index (χ0n) is 9.37. The van der Waals surface area contributed by atoms with Crippen molar-refractivity contribution < 1.29 is 14.3 Å². The molecular formula is C12H16O3. The summed E-state index contributed by atoms with van der Waals surface area (Å²) < 4.78 is 10.5. The van der Waals surface area contributed by atoms with E-state index in [1.807, 2.05) is 25.1 Å². The van der Waals surface area contributed by atoms with Gasteiger partial charge in [0, 0.05) is 12.5 Å². The topological polar surface area (TPSA) is 35.5 Å². The molecule has 0 saturated carbocycles. The average Bonchev–Trinajstić information content (AvgIpc) is 2.16. The second-order valence-corrected chi connectivity index (χ2v) is 3.33. The summed E-state index contributed by atoms with van der Waals surface area (Å²) in [6.45, 7) is 4.09. The highest BCUT2D eigenvalue weighted by Crippen LogP contribution is 2.23. The molecule has 3 nitrogen and oxygen atoms in total. The van der Waals surface area contributed by atoms with E-state index in [0.29, 0.717) is 13.0 Å². The van der Waals surface area contributed by atoms with Crippen molar-refractivity contribution in [3.63, 3.8) is 0 Å². The molecule has 0 N–H and O–H groups in total. The van der Waals surface area contributed by atoms with Crippen LogP contribution in [0.25, 0.3) is 0 Å². The van der Waals surface area contributed by atoms with E-state index in [1.54, 1.807) is 14.0 Å². The van der Waals surface area contributed by atoms with Gasteiger partial charge in [-0.05, 0) is 31.5 Å². The summed E-state index contributed by atoms with van der Waals surface area (Å²) in [7, 11) is 1.60. The molecule has 15 heavy (non-hydrogen) atoms. The molecular weight excluding hydrogens is 192 g/mol. The maximum atomic E-state index is 11.0. The highest BCUT2D eigenvalue weighted by molar-refractivity contribution is 5.78. The maximum Gasteiger partial charge on any atom is 0.134 e. The third-order valence-corrected chi connectivity index (χ3v) is 1.94. The van der Waals surface area contributed by atoms with Gasteiger partial charge in [-0.15, -0.1) is 0 Å². The van der Waals surface area contributed by atoms with Gasteiger partial charge in [0.1, 0.15) is 17.3 Å². The molecule has 82 valence electrons. The van der Waals surface area contributed by atoms with Crippen LogP contribution in [0.5, 0.6) is 11.5 Å². The smallest absolute Gasteiger partial charge is 0.134 e. The lowest BCUT2D eigenvalue weighted by molar-refractivity contribution is -0.116. The number of hydrogen-bond acceptors (Lipinski definition) is 3. The molecule has 0 atom stereocenters. The van der Waals surface area contributed by atoms with Crippen molar-refractivity contribution in [1.29, 1.82) is 0 Å². The van der Waals surface area contributed by atoms with Crippen molar-refractivity contribution in [2.75, 3.05) is 13.7 Å². The van der Waals surface area contributed by atoms with E-state index in [2.05, 4.69) is 0 Å². The monoisotopic (exact) mass is 208 g/mol. The summed E-state index contributed by atoms with van der Waals surface area (Å²) >= 11 is 0. The summed E-state index contributed by atoms with van der Waals surface area (Å²) in [5, 5.41) is 0. The van der Waals surface area contributed by atoms with Crippen LogP contribution in [-0.2, 0) is 11.2 Å². The number of carbonyl (C=O) groups excluding carboxylic acids is 1. The second kappa shape index (κ2) is 5.39. The normalized spacial score (nSPS) is 9.80. The SMILES string of the molecule is CCOc1cc(CC(C)=O)cc(OC)c1. The zero-order valence-corrected chi connectivity index (χ0v) is 9.37. The Morgan fingerprint density at radius 3 is 2.47 bits per heavy atom. The van der Waals surface area contributed by atoms with Gasteiger partial charge in [0.25, 0.3) is 0 Å². The molecule has 0 aromatic heterocycles. The van der Waals surface area contributed by atoms with Crippen LogP contribution in [0.15, 0.2) is 18.2 Å². The average molecular weight is 208 g/mol. The molecule has 0 unspecified atom stereocenters. The zero-order chi connectivity index (χ0) is 11.3. The van der Waals surface area contributed by atoms with Gasteiger partial charge in [0.15, 0.2) is 0 Å². The Hall–Kier alpha value is -1.51. The van der Waals surface area contributed by atoms with Crippen LogP contribution in [0.1, 0.15) is 19.4 Å². The summed E-state index contributed by atoms with van der Waals surface area (Å²) in [6, 6.07) is 5.53. The molecule has 0 aliphatic carbocycles. The molecule has 3 heteroatoms. The predicted molar refractivity (Wildman–Crippen MR) is 58.5 cm³/mol. The van der Waals surface area contributed by atoms with Crippen LogP contribution in [0.4, 0.5) is 0 Å². The van der Waals surface area contributed by atoms with E-state index in [1.165, 1.54) is 0 Å². The van der Waals surface area contributed by atoms with Crippen LogP contribution >= 0.6 is 0 Å². The predicted octanol–water partition coefficient (Wildman–Crippen LogP) is 2.23. The number of methoxy groups -OCH3 is 1. The lowest BCUT2D eigenvalue weighted by atomic mass is 10.1. The van der Waals surface area contributed by atoms with Crippen LogP contribution in [-0.4, -0.2) is 19.5 Å². The molecule has 0 amide bonds. The molecule has 0 spiro atoms. The van der Waals surface area contributed by atoms with Gasteiger partial charge in [-0.1, -0.05) is 0 Å². The minimum atomic E-state index is 0.130. The minimum Gasteiger partial charge on any atom is -0.497 e. The third kappa shape index (κ3) is 3.62. The number of rotatable bonds is 5. The third-order valence-electron chi connectivity index (χ3n) is 1.94. The van der Waals surface area contributed by atoms with Crippen molar-refractivity contribution >= 4 is 5.78 Å². The number of ketones is 1. The molecule has 0 radical (unpaired) electrons. The first-order chi connectivity index (χ1) is 7.15. The van der Waals surface area contributed by atoms with Crippen molar-refractivity contribution in [3.05, 3.63) is 23.8 Å². The van der Waals surface area contributed by atoms with E-state index in [0.717, 1.165) is 17.1 Å². The fourth-order valence-electron chi connectivity index (χ4n) is 1.39. The van der Waals surface area contributed by atoms with Crippen LogP contribution in [0, 0.1) is 0 Å². The molecule has 0 aliphatic rings. The fourth-order valence-corrected chi connectivity index (χ4v) is 1.39. The largest absolute Gasteiger partial charge is 0.497 e.